The minimum absolute atomic E-state index is 0.0938. The molecule has 0 aliphatic carbocycles. The van der Waals surface area contributed by atoms with Crippen LogP contribution in [0.15, 0.2) is 47.8 Å². The van der Waals surface area contributed by atoms with Gasteiger partial charge in [0.25, 0.3) is 0 Å². The second-order valence-corrected chi connectivity index (χ2v) is 7.37. The molecular weight excluding hydrogens is 401 g/mol. The van der Waals surface area contributed by atoms with Crippen molar-refractivity contribution in [3.63, 3.8) is 0 Å². The van der Waals surface area contributed by atoms with Gasteiger partial charge in [-0.3, -0.25) is 9.20 Å². The molecule has 0 fully saturated rings. The lowest BCUT2D eigenvalue weighted by Crippen LogP contribution is -2.26. The van der Waals surface area contributed by atoms with E-state index in [1.807, 2.05) is 6.07 Å². The Balaban J connectivity index is 2.08. The van der Waals surface area contributed by atoms with Crippen LogP contribution in [0, 0.1) is 0 Å². The van der Waals surface area contributed by atoms with E-state index in [1.165, 1.54) is 4.90 Å². The predicted molar refractivity (Wildman–Crippen MR) is 96.7 cm³/mol. The molecule has 1 aromatic carbocycles. The third kappa shape index (κ3) is 4.03. The number of carbonyl (C=O) groups excluding carboxylic acids is 1. The van der Waals surface area contributed by atoms with Crippen molar-refractivity contribution in [2.24, 2.45) is 0 Å². The first kappa shape index (κ1) is 19.5. The second kappa shape index (κ2) is 7.40. The molecule has 0 saturated heterocycles. The maximum atomic E-state index is 13.1. The highest BCUT2D eigenvalue weighted by molar-refractivity contribution is 8.00. The van der Waals surface area contributed by atoms with E-state index >= 15 is 0 Å². The summed E-state index contributed by atoms with van der Waals surface area (Å²) in [6.07, 6.45) is -3.69. The molecule has 27 heavy (non-hydrogen) atoms. The summed E-state index contributed by atoms with van der Waals surface area (Å²) in [5, 5.41) is 7.08. The van der Waals surface area contributed by atoms with Gasteiger partial charge in [-0.25, -0.2) is 0 Å². The Morgan fingerprint density at radius 2 is 1.89 bits per heavy atom. The lowest BCUT2D eigenvalue weighted by molar-refractivity contribution is -0.138. The number of hydrogen-bond acceptors (Lipinski definition) is 4. The van der Waals surface area contributed by atoms with Crippen molar-refractivity contribution in [1.29, 1.82) is 0 Å². The number of carbonyl (C=O) groups is 1. The number of hydrogen-bond donors (Lipinski definition) is 0. The predicted octanol–water partition coefficient (Wildman–Crippen LogP) is 4.32. The molecule has 0 spiro atoms. The number of pyridine rings is 1. The molecule has 0 N–H and O–H groups in total. The lowest BCUT2D eigenvalue weighted by Gasteiger charge is -2.20. The Bertz CT molecular complexity index is 975. The monoisotopic (exact) mass is 414 g/mol. The molecule has 5 nitrogen and oxygen atoms in total. The highest BCUT2D eigenvalue weighted by atomic mass is 35.5. The highest BCUT2D eigenvalue weighted by Crippen LogP contribution is 2.38. The molecular formula is C17H14ClF3N4OS. The summed E-state index contributed by atoms with van der Waals surface area (Å²) in [5.74, 6) is -0.221. The highest BCUT2D eigenvalue weighted by Gasteiger charge is 2.33. The molecule has 3 rings (SSSR count). The molecule has 10 heteroatoms. The molecule has 0 aliphatic heterocycles. The lowest BCUT2D eigenvalue weighted by atomic mass is 10.1. The number of rotatable bonds is 4. The van der Waals surface area contributed by atoms with E-state index < -0.39 is 17.0 Å². The van der Waals surface area contributed by atoms with Crippen LogP contribution in [-0.2, 0) is 11.0 Å². The van der Waals surface area contributed by atoms with Crippen LogP contribution < -0.4 is 0 Å². The fourth-order valence-corrected chi connectivity index (χ4v) is 3.80. The summed E-state index contributed by atoms with van der Waals surface area (Å²) in [6.45, 7) is 0. The number of amides is 1. The molecule has 0 bridgehead atoms. The molecule has 2 aromatic heterocycles. The number of benzene rings is 1. The minimum Gasteiger partial charge on any atom is -0.348 e. The first-order valence-corrected chi connectivity index (χ1v) is 8.98. The van der Waals surface area contributed by atoms with Gasteiger partial charge >= 0.3 is 6.18 Å². The Hall–Kier alpha value is -2.26. The number of thioether (sulfide) groups is 1. The van der Waals surface area contributed by atoms with Crippen molar-refractivity contribution in [3.8, 4) is 0 Å². The quantitative estimate of drug-likeness (QED) is 0.596. The van der Waals surface area contributed by atoms with Gasteiger partial charge in [-0.1, -0.05) is 53.7 Å². The van der Waals surface area contributed by atoms with E-state index in [2.05, 4.69) is 10.2 Å². The van der Waals surface area contributed by atoms with Crippen LogP contribution in [0.2, 0.25) is 5.02 Å². The maximum absolute atomic E-state index is 13.1. The minimum atomic E-state index is -4.57. The third-order valence-electron chi connectivity index (χ3n) is 3.75. The standard InChI is InChI=1S/C17H14ClF3N4OS/c1-24(2)15(26)13(10-6-4-3-5-7-10)27-16-23-22-14-12(18)8-11(9-25(14)16)17(19,20)21/h3-9,13H,1-2H3/t13-/m1/s1. The van der Waals surface area contributed by atoms with Crippen molar-refractivity contribution in [2.45, 2.75) is 16.6 Å². The fourth-order valence-electron chi connectivity index (χ4n) is 2.40. The molecule has 1 atom stereocenters. The summed E-state index contributed by atoms with van der Waals surface area (Å²) in [6, 6.07) is 9.73. The second-order valence-electron chi connectivity index (χ2n) is 5.89. The van der Waals surface area contributed by atoms with Gasteiger partial charge in [0.05, 0.1) is 10.6 Å². The van der Waals surface area contributed by atoms with E-state index in [0.29, 0.717) is 5.56 Å². The number of alkyl halides is 3. The first-order chi connectivity index (χ1) is 12.7. The van der Waals surface area contributed by atoms with Gasteiger partial charge in [-0.2, -0.15) is 13.2 Å². The van der Waals surface area contributed by atoms with E-state index in [1.54, 1.807) is 38.4 Å². The Kier molecular flexibility index (Phi) is 5.34. The van der Waals surface area contributed by atoms with Crippen LogP contribution in [0.5, 0.6) is 0 Å². The van der Waals surface area contributed by atoms with Crippen LogP contribution in [0.4, 0.5) is 13.2 Å². The van der Waals surface area contributed by atoms with E-state index in [0.717, 1.165) is 28.4 Å². The Morgan fingerprint density at radius 3 is 2.48 bits per heavy atom. The SMILES string of the molecule is CN(C)C(=O)[C@H](Sc1nnc2c(Cl)cc(C(F)(F)F)cn12)c1ccccc1. The van der Waals surface area contributed by atoms with Gasteiger partial charge in [0, 0.05) is 20.3 Å². The summed E-state index contributed by atoms with van der Waals surface area (Å²) in [4.78, 5) is 14.1. The number of halogens is 4. The summed E-state index contributed by atoms with van der Waals surface area (Å²) in [5.41, 5.74) is -0.121. The van der Waals surface area contributed by atoms with Crippen molar-refractivity contribution < 1.29 is 18.0 Å². The Morgan fingerprint density at radius 1 is 1.22 bits per heavy atom. The summed E-state index contributed by atoms with van der Waals surface area (Å²) < 4.78 is 40.5. The van der Waals surface area contributed by atoms with Gasteiger partial charge in [0.2, 0.25) is 5.91 Å². The molecule has 3 aromatic rings. The first-order valence-electron chi connectivity index (χ1n) is 7.72. The van der Waals surface area contributed by atoms with Crippen LogP contribution in [-0.4, -0.2) is 39.5 Å². The van der Waals surface area contributed by atoms with Crippen molar-refractivity contribution in [1.82, 2.24) is 19.5 Å². The van der Waals surface area contributed by atoms with Crippen LogP contribution in [0.3, 0.4) is 0 Å². The zero-order valence-electron chi connectivity index (χ0n) is 14.2. The van der Waals surface area contributed by atoms with Gasteiger partial charge in [0.15, 0.2) is 10.8 Å². The topological polar surface area (TPSA) is 50.5 Å². The van der Waals surface area contributed by atoms with Crippen molar-refractivity contribution in [3.05, 3.63) is 58.7 Å². The number of aromatic nitrogens is 3. The van der Waals surface area contributed by atoms with Crippen LogP contribution in [0.25, 0.3) is 5.65 Å². The van der Waals surface area contributed by atoms with Gasteiger partial charge < -0.3 is 4.90 Å². The molecule has 2 heterocycles. The van der Waals surface area contributed by atoms with E-state index in [9.17, 15) is 18.0 Å². The van der Waals surface area contributed by atoms with Gasteiger partial charge in [-0.05, 0) is 11.6 Å². The average Bonchev–Trinajstić information content (AvgIpc) is 3.02. The summed E-state index contributed by atoms with van der Waals surface area (Å²) in [7, 11) is 3.22. The number of nitrogens with zero attached hydrogens (tertiary/aromatic N) is 4. The van der Waals surface area contributed by atoms with Crippen LogP contribution in [0.1, 0.15) is 16.4 Å². The fraction of sp³-hybridized carbons (Fsp3) is 0.235. The zero-order chi connectivity index (χ0) is 19.8. The molecule has 0 saturated carbocycles. The molecule has 0 radical (unpaired) electrons. The van der Waals surface area contributed by atoms with Gasteiger partial charge in [-0.15, -0.1) is 10.2 Å². The average molecular weight is 415 g/mol. The van der Waals surface area contributed by atoms with E-state index in [4.69, 9.17) is 11.6 Å². The van der Waals surface area contributed by atoms with Crippen molar-refractivity contribution in [2.75, 3.05) is 14.1 Å². The maximum Gasteiger partial charge on any atom is 0.417 e. The summed E-state index contributed by atoms with van der Waals surface area (Å²) >= 11 is 6.95. The van der Waals surface area contributed by atoms with Crippen LogP contribution >= 0.6 is 23.4 Å². The number of likely N-dealkylation sites (N-methyl/N-ethyl adjacent to an activating group) is 1. The molecule has 142 valence electrons. The third-order valence-corrected chi connectivity index (χ3v) is 5.22. The van der Waals surface area contributed by atoms with Gasteiger partial charge in [0.1, 0.15) is 5.25 Å². The molecule has 0 aliphatic rings. The smallest absolute Gasteiger partial charge is 0.348 e. The normalized spacial score (nSPS) is 13.0. The largest absolute Gasteiger partial charge is 0.417 e. The zero-order valence-corrected chi connectivity index (χ0v) is 15.8. The molecule has 0 unspecified atom stereocenters. The Labute approximate surface area is 162 Å². The van der Waals surface area contributed by atoms with Crippen molar-refractivity contribution >= 4 is 34.9 Å². The van der Waals surface area contributed by atoms with E-state index in [-0.39, 0.29) is 21.7 Å². The number of fused-ring (bicyclic) bond motifs is 1. The molecule has 1 amide bonds.